The van der Waals surface area contributed by atoms with Gasteiger partial charge in [0.25, 0.3) is 0 Å². The van der Waals surface area contributed by atoms with Gasteiger partial charge in [-0.25, -0.2) is 0 Å². The van der Waals surface area contributed by atoms with Gasteiger partial charge < -0.3 is 10.1 Å². The Morgan fingerprint density at radius 1 is 1.11 bits per heavy atom. The molecule has 1 heterocycles. The summed E-state index contributed by atoms with van der Waals surface area (Å²) >= 11 is 5.95. The van der Waals surface area contributed by atoms with Crippen LogP contribution >= 0.6 is 11.6 Å². The fourth-order valence-electron chi connectivity index (χ4n) is 2.72. The van der Waals surface area contributed by atoms with E-state index in [0.29, 0.717) is 22.1 Å². The Morgan fingerprint density at radius 2 is 1.86 bits per heavy atom. The monoisotopic (exact) mass is 399 g/mol. The maximum atomic E-state index is 12.5. The molecule has 3 aromatic rings. The average molecular weight is 400 g/mol. The van der Waals surface area contributed by atoms with Crippen molar-refractivity contribution in [3.8, 4) is 11.4 Å². The van der Waals surface area contributed by atoms with E-state index >= 15 is 0 Å². The zero-order valence-electron chi connectivity index (χ0n) is 15.3. The number of benzene rings is 2. The number of para-hydroxylation sites is 2. The molecular weight excluding hydrogens is 382 g/mol. The molecule has 1 amide bonds. The van der Waals surface area contributed by atoms with Gasteiger partial charge in [-0.05, 0) is 36.8 Å². The maximum absolute atomic E-state index is 12.5. The molecule has 2 aromatic carbocycles. The van der Waals surface area contributed by atoms with E-state index in [1.807, 2.05) is 6.92 Å². The van der Waals surface area contributed by atoms with Gasteiger partial charge in [0.1, 0.15) is 12.3 Å². The van der Waals surface area contributed by atoms with Crippen molar-refractivity contribution in [2.24, 2.45) is 0 Å². The minimum Gasteiger partial charge on any atom is -0.495 e. The third-order valence-electron chi connectivity index (χ3n) is 4.19. The van der Waals surface area contributed by atoms with Gasteiger partial charge in [0.15, 0.2) is 0 Å². The van der Waals surface area contributed by atoms with Crippen molar-refractivity contribution in [1.82, 2.24) is 9.13 Å². The molecule has 7 nitrogen and oxygen atoms in total. The molecule has 0 spiro atoms. The predicted octanol–water partition coefficient (Wildman–Crippen LogP) is 2.61. The summed E-state index contributed by atoms with van der Waals surface area (Å²) < 4.78 is 7.48. The summed E-state index contributed by atoms with van der Waals surface area (Å²) in [5.41, 5.74) is 0.230. The first-order valence-corrected chi connectivity index (χ1v) is 8.80. The van der Waals surface area contributed by atoms with E-state index in [-0.39, 0.29) is 6.54 Å². The van der Waals surface area contributed by atoms with Crippen molar-refractivity contribution >= 4 is 23.2 Å². The zero-order chi connectivity index (χ0) is 20.3. The van der Waals surface area contributed by atoms with E-state index in [1.165, 1.54) is 24.1 Å². The number of hydrogen-bond acceptors (Lipinski definition) is 4. The lowest BCUT2D eigenvalue weighted by atomic mass is 10.2. The van der Waals surface area contributed by atoms with Crippen molar-refractivity contribution in [2.45, 2.75) is 13.5 Å². The van der Waals surface area contributed by atoms with Crippen LogP contribution in [0.2, 0.25) is 5.02 Å². The normalized spacial score (nSPS) is 10.5. The highest BCUT2D eigenvalue weighted by molar-refractivity contribution is 6.31. The summed E-state index contributed by atoms with van der Waals surface area (Å²) in [7, 11) is 1.48. The summed E-state index contributed by atoms with van der Waals surface area (Å²) in [5, 5.41) is 3.18. The lowest BCUT2D eigenvalue weighted by Gasteiger charge is -2.12. The quantitative estimate of drug-likeness (QED) is 0.668. The number of hydrogen-bond donors (Lipinski definition) is 1. The van der Waals surface area contributed by atoms with Gasteiger partial charge >= 0.3 is 11.1 Å². The number of aromatic nitrogens is 2. The SMILES string of the molecule is COc1ccccc1-n1ccn(CC(=O)Nc2cc(Cl)ccc2C)c(=O)c1=O. The van der Waals surface area contributed by atoms with E-state index in [4.69, 9.17) is 16.3 Å². The number of nitrogens with one attached hydrogen (secondary N) is 1. The van der Waals surface area contributed by atoms with Gasteiger partial charge in [-0.3, -0.25) is 23.5 Å². The lowest BCUT2D eigenvalue weighted by Crippen LogP contribution is -2.41. The van der Waals surface area contributed by atoms with Gasteiger partial charge in [-0.15, -0.1) is 0 Å². The Bertz CT molecular complexity index is 1150. The molecule has 0 aliphatic rings. The number of rotatable bonds is 5. The molecule has 0 atom stereocenters. The number of methoxy groups -OCH3 is 1. The van der Waals surface area contributed by atoms with Crippen LogP contribution in [0.4, 0.5) is 5.69 Å². The molecule has 28 heavy (non-hydrogen) atoms. The fourth-order valence-corrected chi connectivity index (χ4v) is 2.90. The first-order chi connectivity index (χ1) is 13.4. The largest absolute Gasteiger partial charge is 0.495 e. The minimum atomic E-state index is -0.814. The summed E-state index contributed by atoms with van der Waals surface area (Å²) in [4.78, 5) is 37.3. The second kappa shape index (κ2) is 8.14. The Hall–Kier alpha value is -3.32. The van der Waals surface area contributed by atoms with Crippen LogP contribution in [0, 0.1) is 6.92 Å². The molecule has 144 valence electrons. The summed E-state index contributed by atoms with van der Waals surface area (Å²) in [5.74, 6) is 0.0119. The number of amides is 1. The molecule has 0 aliphatic heterocycles. The molecule has 0 saturated heterocycles. The molecule has 0 unspecified atom stereocenters. The summed E-state index contributed by atoms with van der Waals surface area (Å²) in [6.07, 6.45) is 2.82. The number of halogens is 1. The van der Waals surface area contributed by atoms with E-state index in [2.05, 4.69) is 5.32 Å². The summed E-state index contributed by atoms with van der Waals surface area (Å²) in [6.45, 7) is 1.53. The van der Waals surface area contributed by atoms with Crippen molar-refractivity contribution in [2.75, 3.05) is 12.4 Å². The molecule has 8 heteroatoms. The Morgan fingerprint density at radius 3 is 2.61 bits per heavy atom. The van der Waals surface area contributed by atoms with Crippen LogP contribution in [0.5, 0.6) is 5.75 Å². The summed E-state index contributed by atoms with van der Waals surface area (Å²) in [6, 6.07) is 12.0. The number of carbonyl (C=O) groups excluding carboxylic acids is 1. The second-order valence-corrected chi connectivity index (χ2v) is 6.52. The van der Waals surface area contributed by atoms with Gasteiger partial charge in [0.05, 0.1) is 12.8 Å². The van der Waals surface area contributed by atoms with Gasteiger partial charge in [-0.1, -0.05) is 29.8 Å². The van der Waals surface area contributed by atoms with Crippen LogP contribution < -0.4 is 21.2 Å². The lowest BCUT2D eigenvalue weighted by molar-refractivity contribution is -0.116. The number of ether oxygens (including phenoxy) is 1. The Labute approximate surface area is 165 Å². The van der Waals surface area contributed by atoms with Crippen LogP contribution in [-0.2, 0) is 11.3 Å². The van der Waals surface area contributed by atoms with Crippen molar-refractivity contribution in [1.29, 1.82) is 0 Å². The van der Waals surface area contributed by atoms with E-state index in [9.17, 15) is 14.4 Å². The van der Waals surface area contributed by atoms with E-state index in [1.54, 1.807) is 42.5 Å². The molecule has 3 rings (SSSR count). The number of carbonyl (C=O) groups is 1. The minimum absolute atomic E-state index is 0.299. The Balaban J connectivity index is 1.87. The first kappa shape index (κ1) is 19.4. The molecule has 1 N–H and O–H groups in total. The smallest absolute Gasteiger partial charge is 0.321 e. The maximum Gasteiger partial charge on any atom is 0.321 e. The Kier molecular flexibility index (Phi) is 5.65. The number of nitrogens with zero attached hydrogens (tertiary/aromatic N) is 2. The molecule has 0 saturated carbocycles. The first-order valence-electron chi connectivity index (χ1n) is 8.42. The van der Waals surface area contributed by atoms with Crippen molar-refractivity contribution in [3.63, 3.8) is 0 Å². The predicted molar refractivity (Wildman–Crippen MR) is 108 cm³/mol. The van der Waals surface area contributed by atoms with E-state index < -0.39 is 17.0 Å². The highest BCUT2D eigenvalue weighted by Crippen LogP contribution is 2.21. The van der Waals surface area contributed by atoms with Crippen LogP contribution in [0.3, 0.4) is 0 Å². The average Bonchev–Trinajstić information content (AvgIpc) is 2.68. The number of aryl methyl sites for hydroxylation is 1. The van der Waals surface area contributed by atoms with Gasteiger partial charge in [0, 0.05) is 23.1 Å². The molecular formula is C20H18ClN3O4. The van der Waals surface area contributed by atoms with Gasteiger partial charge in [-0.2, -0.15) is 0 Å². The van der Waals surface area contributed by atoms with Crippen LogP contribution in [0.25, 0.3) is 5.69 Å². The molecule has 0 fully saturated rings. The van der Waals surface area contributed by atoms with E-state index in [0.717, 1.165) is 10.1 Å². The van der Waals surface area contributed by atoms with Crippen LogP contribution in [0.15, 0.2) is 64.4 Å². The fraction of sp³-hybridized carbons (Fsp3) is 0.150. The topological polar surface area (TPSA) is 82.3 Å². The second-order valence-electron chi connectivity index (χ2n) is 6.09. The molecule has 0 radical (unpaired) electrons. The number of anilines is 1. The third-order valence-corrected chi connectivity index (χ3v) is 4.43. The van der Waals surface area contributed by atoms with Crippen LogP contribution in [0.1, 0.15) is 5.56 Å². The van der Waals surface area contributed by atoms with Crippen molar-refractivity contribution < 1.29 is 9.53 Å². The highest BCUT2D eigenvalue weighted by atomic mass is 35.5. The third kappa shape index (κ3) is 3.99. The van der Waals surface area contributed by atoms with Crippen molar-refractivity contribution in [3.05, 3.63) is 86.2 Å². The van der Waals surface area contributed by atoms with Crippen LogP contribution in [-0.4, -0.2) is 22.2 Å². The highest BCUT2D eigenvalue weighted by Gasteiger charge is 2.13. The molecule has 0 bridgehead atoms. The zero-order valence-corrected chi connectivity index (χ0v) is 16.1. The van der Waals surface area contributed by atoms with Gasteiger partial charge in [0.2, 0.25) is 5.91 Å². The molecule has 0 aliphatic carbocycles. The standard InChI is InChI=1S/C20H18ClN3O4/c1-13-7-8-14(21)11-15(13)22-18(25)12-23-9-10-24(20(27)19(23)26)16-5-3-4-6-17(16)28-2/h3-11H,12H2,1-2H3,(H,22,25). The molecule has 1 aromatic heterocycles.